The molecule has 2 aromatic carbocycles. The van der Waals surface area contributed by atoms with E-state index in [0.29, 0.717) is 6.07 Å². The summed E-state index contributed by atoms with van der Waals surface area (Å²) >= 11 is 0. The monoisotopic (exact) mass is 304 g/mol. The molecule has 0 radical (unpaired) electrons. The third-order valence-corrected chi connectivity index (χ3v) is 2.85. The van der Waals surface area contributed by atoms with E-state index in [1.165, 1.54) is 0 Å². The molecule has 9 heteroatoms. The summed E-state index contributed by atoms with van der Waals surface area (Å²) in [5.41, 5.74) is -0.382. The van der Waals surface area contributed by atoms with E-state index in [2.05, 4.69) is 0 Å². The predicted molar refractivity (Wildman–Crippen MR) is 59.3 cm³/mol. The van der Waals surface area contributed by atoms with Gasteiger partial charge in [-0.3, -0.25) is 0 Å². The lowest BCUT2D eigenvalue weighted by atomic mass is 9.79. The first-order chi connectivity index (χ1) is 9.90. The average molecular weight is 304 g/mol. The van der Waals surface area contributed by atoms with E-state index in [9.17, 15) is 26.3 Å². The standard InChI is InChI=1S/C12H3BF6O2/c14-4-1-2-5(6(15)3-4)13-20-11-9(18)7(16)8(17)10(19)12(11)21-13/h1-3H. The highest BCUT2D eigenvalue weighted by Crippen LogP contribution is 2.41. The molecule has 3 rings (SSSR count). The van der Waals surface area contributed by atoms with Gasteiger partial charge in [0, 0.05) is 11.5 Å². The van der Waals surface area contributed by atoms with E-state index in [-0.39, 0.29) is 5.46 Å². The molecule has 0 fully saturated rings. The van der Waals surface area contributed by atoms with Crippen LogP contribution in [0.1, 0.15) is 0 Å². The fourth-order valence-corrected chi connectivity index (χ4v) is 1.86. The maximum absolute atomic E-state index is 13.5. The minimum Gasteiger partial charge on any atom is -0.517 e. The predicted octanol–water partition coefficient (Wildman–Crippen LogP) is 2.69. The Kier molecular flexibility index (Phi) is 3.00. The quantitative estimate of drug-likeness (QED) is 0.349. The van der Waals surface area contributed by atoms with Gasteiger partial charge in [0.15, 0.2) is 11.5 Å². The highest BCUT2D eigenvalue weighted by Gasteiger charge is 2.42. The zero-order chi connectivity index (χ0) is 15.3. The molecule has 1 aliphatic heterocycles. The van der Waals surface area contributed by atoms with Crippen molar-refractivity contribution >= 4 is 12.6 Å². The van der Waals surface area contributed by atoms with Gasteiger partial charge in [0.05, 0.1) is 0 Å². The van der Waals surface area contributed by atoms with Gasteiger partial charge in [0.1, 0.15) is 11.6 Å². The molecule has 0 N–H and O–H groups in total. The van der Waals surface area contributed by atoms with Gasteiger partial charge < -0.3 is 9.31 Å². The number of halogens is 6. The Bertz CT molecular complexity index is 714. The molecular formula is C12H3BF6O2. The summed E-state index contributed by atoms with van der Waals surface area (Å²) in [5, 5.41) is 0. The second kappa shape index (κ2) is 4.61. The van der Waals surface area contributed by atoms with Crippen LogP contribution in [0.25, 0.3) is 0 Å². The van der Waals surface area contributed by atoms with Crippen molar-refractivity contribution in [3.05, 3.63) is 53.1 Å². The Labute approximate surface area is 114 Å². The van der Waals surface area contributed by atoms with Crippen molar-refractivity contribution in [2.24, 2.45) is 0 Å². The molecule has 0 saturated carbocycles. The molecule has 0 unspecified atom stereocenters. The molecule has 0 spiro atoms. The van der Waals surface area contributed by atoms with Crippen molar-refractivity contribution in [2.45, 2.75) is 0 Å². The molecule has 0 atom stereocenters. The van der Waals surface area contributed by atoms with Crippen LogP contribution in [0.4, 0.5) is 26.3 Å². The second-order valence-corrected chi connectivity index (χ2v) is 4.15. The summed E-state index contributed by atoms with van der Waals surface area (Å²) in [4.78, 5) is 0. The van der Waals surface area contributed by atoms with Crippen LogP contribution in [-0.4, -0.2) is 7.12 Å². The average Bonchev–Trinajstić information content (AvgIpc) is 2.88. The van der Waals surface area contributed by atoms with Gasteiger partial charge in [-0.25, -0.2) is 17.6 Å². The van der Waals surface area contributed by atoms with Crippen LogP contribution in [0.2, 0.25) is 0 Å². The van der Waals surface area contributed by atoms with Crippen molar-refractivity contribution in [1.29, 1.82) is 0 Å². The second-order valence-electron chi connectivity index (χ2n) is 4.15. The topological polar surface area (TPSA) is 18.5 Å². The number of fused-ring (bicyclic) bond motifs is 1. The van der Waals surface area contributed by atoms with Crippen molar-refractivity contribution in [3.63, 3.8) is 0 Å². The van der Waals surface area contributed by atoms with Crippen LogP contribution >= 0.6 is 0 Å². The lowest BCUT2D eigenvalue weighted by Crippen LogP contribution is -2.41. The van der Waals surface area contributed by atoms with Crippen LogP contribution < -0.4 is 14.8 Å². The number of rotatable bonds is 1. The van der Waals surface area contributed by atoms with Crippen LogP contribution in [-0.2, 0) is 0 Å². The first-order valence-electron chi connectivity index (χ1n) is 5.54. The molecule has 0 aromatic heterocycles. The first-order valence-corrected chi connectivity index (χ1v) is 5.54. The van der Waals surface area contributed by atoms with Crippen LogP contribution in [0, 0.1) is 34.9 Å². The molecule has 2 nitrogen and oxygen atoms in total. The molecule has 21 heavy (non-hydrogen) atoms. The highest BCUT2D eigenvalue weighted by atomic mass is 19.2. The Balaban J connectivity index is 2.06. The van der Waals surface area contributed by atoms with Gasteiger partial charge in [0.25, 0.3) is 0 Å². The van der Waals surface area contributed by atoms with Crippen molar-refractivity contribution in [1.82, 2.24) is 0 Å². The van der Waals surface area contributed by atoms with E-state index in [1.54, 1.807) is 0 Å². The van der Waals surface area contributed by atoms with Crippen molar-refractivity contribution in [3.8, 4) is 11.5 Å². The van der Waals surface area contributed by atoms with Crippen molar-refractivity contribution < 1.29 is 35.7 Å². The van der Waals surface area contributed by atoms with Gasteiger partial charge in [-0.05, 0) is 6.07 Å². The van der Waals surface area contributed by atoms with E-state index in [0.717, 1.165) is 12.1 Å². The van der Waals surface area contributed by atoms with Crippen LogP contribution in [0.3, 0.4) is 0 Å². The third kappa shape index (κ3) is 2.00. The molecular weight excluding hydrogens is 301 g/mol. The van der Waals surface area contributed by atoms with E-state index >= 15 is 0 Å². The van der Waals surface area contributed by atoms with E-state index in [1.807, 2.05) is 0 Å². The summed E-state index contributed by atoms with van der Waals surface area (Å²) in [7, 11) is -1.69. The minimum atomic E-state index is -2.07. The minimum absolute atomic E-state index is 0.382. The van der Waals surface area contributed by atoms with Gasteiger partial charge >= 0.3 is 7.12 Å². The Morgan fingerprint density at radius 2 is 1.24 bits per heavy atom. The fourth-order valence-electron chi connectivity index (χ4n) is 1.86. The SMILES string of the molecule is Fc1ccc(B2Oc3c(F)c(F)c(F)c(F)c3O2)c(F)c1. The maximum Gasteiger partial charge on any atom is 0.635 e. The van der Waals surface area contributed by atoms with Crippen LogP contribution in [0.15, 0.2) is 18.2 Å². The summed E-state index contributed by atoms with van der Waals surface area (Å²) in [6, 6.07) is 2.28. The highest BCUT2D eigenvalue weighted by molar-refractivity contribution is 6.63. The smallest absolute Gasteiger partial charge is 0.517 e. The Morgan fingerprint density at radius 1 is 0.714 bits per heavy atom. The summed E-state index contributed by atoms with van der Waals surface area (Å²) in [6.07, 6.45) is 0. The fraction of sp³-hybridized carbons (Fsp3) is 0. The lowest BCUT2D eigenvalue weighted by Gasteiger charge is -2.05. The maximum atomic E-state index is 13.5. The molecule has 1 aliphatic rings. The molecule has 0 bridgehead atoms. The Morgan fingerprint density at radius 3 is 1.71 bits per heavy atom. The van der Waals surface area contributed by atoms with Crippen LogP contribution in [0.5, 0.6) is 11.5 Å². The van der Waals surface area contributed by atoms with Gasteiger partial charge in [-0.1, -0.05) is 6.07 Å². The lowest BCUT2D eigenvalue weighted by molar-refractivity contribution is 0.388. The first kappa shape index (κ1) is 13.7. The molecule has 1 heterocycles. The molecule has 0 aliphatic carbocycles. The normalized spacial score (nSPS) is 13.0. The largest absolute Gasteiger partial charge is 0.635 e. The zero-order valence-electron chi connectivity index (χ0n) is 9.89. The summed E-state index contributed by atoms with van der Waals surface area (Å²) in [5.74, 6) is -11.8. The Hall–Kier alpha value is -2.32. The molecule has 108 valence electrons. The molecule has 2 aromatic rings. The van der Waals surface area contributed by atoms with E-state index < -0.39 is 53.5 Å². The third-order valence-electron chi connectivity index (χ3n) is 2.85. The summed E-state index contributed by atoms with van der Waals surface area (Å²) in [6.45, 7) is 0. The number of hydrogen-bond donors (Lipinski definition) is 0. The summed E-state index contributed by atoms with van der Waals surface area (Å²) < 4.78 is 88.9. The van der Waals surface area contributed by atoms with Gasteiger partial charge in [-0.15, -0.1) is 0 Å². The molecule has 0 amide bonds. The van der Waals surface area contributed by atoms with E-state index in [4.69, 9.17) is 9.31 Å². The number of benzene rings is 2. The zero-order valence-corrected chi connectivity index (χ0v) is 9.89. The van der Waals surface area contributed by atoms with Crippen molar-refractivity contribution in [2.75, 3.05) is 0 Å². The molecule has 0 saturated heterocycles. The number of hydrogen-bond acceptors (Lipinski definition) is 2. The van der Waals surface area contributed by atoms with Gasteiger partial charge in [-0.2, -0.15) is 8.78 Å². The van der Waals surface area contributed by atoms with Gasteiger partial charge in [0.2, 0.25) is 23.3 Å².